The fourth-order valence-corrected chi connectivity index (χ4v) is 3.09. The zero-order valence-corrected chi connectivity index (χ0v) is 17.9. The quantitative estimate of drug-likeness (QED) is 0.667. The second-order valence-corrected chi connectivity index (χ2v) is 8.43. The molecule has 0 saturated heterocycles. The second kappa shape index (κ2) is 9.51. The first-order chi connectivity index (χ1) is 13.7. The predicted molar refractivity (Wildman–Crippen MR) is 111 cm³/mol. The molecule has 0 saturated carbocycles. The Hall–Kier alpha value is -2.94. The molecule has 0 radical (unpaired) electrons. The van der Waals surface area contributed by atoms with Crippen molar-refractivity contribution in [2.24, 2.45) is 0 Å². The summed E-state index contributed by atoms with van der Waals surface area (Å²) in [5.41, 5.74) is 1.37. The van der Waals surface area contributed by atoms with Crippen molar-refractivity contribution in [3.8, 4) is 17.2 Å². The molecule has 0 aromatic heterocycles. The monoisotopic (exact) mass is 422 g/mol. The molecule has 2 rings (SSSR count). The van der Waals surface area contributed by atoms with E-state index in [9.17, 15) is 13.2 Å². The van der Waals surface area contributed by atoms with Crippen LogP contribution in [-0.2, 0) is 14.8 Å². The summed E-state index contributed by atoms with van der Waals surface area (Å²) in [6, 6.07) is 11.6. The molecular formula is C20H26N2O6S. The van der Waals surface area contributed by atoms with Crippen molar-refractivity contribution in [3.05, 3.63) is 48.0 Å². The van der Waals surface area contributed by atoms with Gasteiger partial charge in [-0.25, -0.2) is 8.42 Å². The minimum absolute atomic E-state index is 0.168. The van der Waals surface area contributed by atoms with Gasteiger partial charge in [-0.1, -0.05) is 6.07 Å². The van der Waals surface area contributed by atoms with E-state index >= 15 is 0 Å². The van der Waals surface area contributed by atoms with Gasteiger partial charge in [-0.15, -0.1) is 0 Å². The molecule has 1 atom stereocenters. The van der Waals surface area contributed by atoms with Crippen LogP contribution in [0.15, 0.2) is 42.5 Å². The highest BCUT2D eigenvalue weighted by molar-refractivity contribution is 7.92. The van der Waals surface area contributed by atoms with E-state index in [4.69, 9.17) is 14.2 Å². The Morgan fingerprint density at radius 2 is 1.69 bits per heavy atom. The van der Waals surface area contributed by atoms with Gasteiger partial charge in [0.2, 0.25) is 10.0 Å². The summed E-state index contributed by atoms with van der Waals surface area (Å²) >= 11 is 0. The van der Waals surface area contributed by atoms with Crippen molar-refractivity contribution in [1.82, 2.24) is 5.32 Å². The largest absolute Gasteiger partial charge is 0.493 e. The molecule has 0 bridgehead atoms. The highest BCUT2D eigenvalue weighted by atomic mass is 32.2. The lowest BCUT2D eigenvalue weighted by Gasteiger charge is -2.18. The Labute approximate surface area is 171 Å². The lowest BCUT2D eigenvalue weighted by molar-refractivity contribution is -0.123. The van der Waals surface area contributed by atoms with E-state index in [1.807, 2.05) is 19.1 Å². The minimum atomic E-state index is -3.33. The predicted octanol–water partition coefficient (Wildman–Crippen LogP) is 2.36. The molecule has 158 valence electrons. The molecule has 0 aliphatic heterocycles. The number of hydrogen-bond acceptors (Lipinski definition) is 6. The number of ether oxygens (including phenoxy) is 3. The Morgan fingerprint density at radius 1 is 1.07 bits per heavy atom. The smallest absolute Gasteiger partial charge is 0.258 e. The summed E-state index contributed by atoms with van der Waals surface area (Å²) in [7, 11) is 1.25. The number of nitrogens with zero attached hydrogens (tertiary/aromatic N) is 1. The first-order valence-corrected chi connectivity index (χ1v) is 10.7. The van der Waals surface area contributed by atoms with Gasteiger partial charge in [-0.3, -0.25) is 9.10 Å². The Balaban J connectivity index is 1.93. The third-order valence-electron chi connectivity index (χ3n) is 4.35. The van der Waals surface area contributed by atoms with Crippen LogP contribution in [0.2, 0.25) is 0 Å². The maximum absolute atomic E-state index is 12.2. The Bertz CT molecular complexity index is 944. The first kappa shape index (κ1) is 22.4. The molecule has 9 heteroatoms. The number of benzene rings is 2. The van der Waals surface area contributed by atoms with Crippen LogP contribution in [0.1, 0.15) is 18.5 Å². The van der Waals surface area contributed by atoms with Gasteiger partial charge in [-0.05, 0) is 48.9 Å². The third-order valence-corrected chi connectivity index (χ3v) is 5.56. The van der Waals surface area contributed by atoms with Crippen molar-refractivity contribution >= 4 is 21.6 Å². The van der Waals surface area contributed by atoms with Crippen LogP contribution in [0.3, 0.4) is 0 Å². The van der Waals surface area contributed by atoms with Crippen LogP contribution >= 0.6 is 0 Å². The molecule has 2 aromatic carbocycles. The van der Waals surface area contributed by atoms with Crippen molar-refractivity contribution in [3.63, 3.8) is 0 Å². The van der Waals surface area contributed by atoms with E-state index in [0.29, 0.717) is 22.9 Å². The normalized spacial score (nSPS) is 12.0. The van der Waals surface area contributed by atoms with Crippen molar-refractivity contribution in [2.45, 2.75) is 13.0 Å². The van der Waals surface area contributed by atoms with Crippen molar-refractivity contribution in [1.29, 1.82) is 0 Å². The fourth-order valence-electron chi connectivity index (χ4n) is 2.58. The molecule has 1 N–H and O–H groups in total. The second-order valence-electron chi connectivity index (χ2n) is 6.42. The van der Waals surface area contributed by atoms with E-state index in [0.717, 1.165) is 16.1 Å². The lowest BCUT2D eigenvalue weighted by atomic mass is 10.1. The molecule has 0 fully saturated rings. The van der Waals surface area contributed by atoms with E-state index in [1.165, 1.54) is 7.05 Å². The minimum Gasteiger partial charge on any atom is -0.493 e. The number of methoxy groups -OCH3 is 2. The van der Waals surface area contributed by atoms with E-state index in [-0.39, 0.29) is 18.6 Å². The summed E-state index contributed by atoms with van der Waals surface area (Å²) in [5, 5.41) is 2.86. The number of amides is 1. The van der Waals surface area contributed by atoms with Crippen LogP contribution in [0, 0.1) is 0 Å². The van der Waals surface area contributed by atoms with Gasteiger partial charge >= 0.3 is 0 Å². The maximum atomic E-state index is 12.2. The molecule has 0 unspecified atom stereocenters. The van der Waals surface area contributed by atoms with Gasteiger partial charge in [0.25, 0.3) is 5.91 Å². The van der Waals surface area contributed by atoms with Crippen LogP contribution in [0.4, 0.5) is 5.69 Å². The molecular weight excluding hydrogens is 396 g/mol. The van der Waals surface area contributed by atoms with E-state index in [1.54, 1.807) is 44.6 Å². The number of rotatable bonds is 9. The number of nitrogens with one attached hydrogen (secondary N) is 1. The standard InChI is InChI=1S/C20H26N2O6S/c1-14(15-6-11-18(26-3)19(12-15)27-4)21-20(23)13-28-17-9-7-16(8-10-17)22(2)29(5,24)25/h6-12,14H,13H2,1-5H3,(H,21,23)/t14-/m1/s1. The zero-order valence-electron chi connectivity index (χ0n) is 17.1. The maximum Gasteiger partial charge on any atom is 0.258 e. The number of carbonyl (C=O) groups excluding carboxylic acids is 1. The molecule has 29 heavy (non-hydrogen) atoms. The number of sulfonamides is 1. The summed E-state index contributed by atoms with van der Waals surface area (Å²) in [4.78, 5) is 12.2. The van der Waals surface area contributed by atoms with Gasteiger partial charge < -0.3 is 19.5 Å². The van der Waals surface area contributed by atoms with Gasteiger partial charge in [0, 0.05) is 7.05 Å². The van der Waals surface area contributed by atoms with Gasteiger partial charge in [0.15, 0.2) is 18.1 Å². The highest BCUT2D eigenvalue weighted by Crippen LogP contribution is 2.29. The van der Waals surface area contributed by atoms with Crippen LogP contribution in [-0.4, -0.2) is 48.5 Å². The van der Waals surface area contributed by atoms with Crippen LogP contribution < -0.4 is 23.8 Å². The first-order valence-electron chi connectivity index (χ1n) is 8.83. The number of hydrogen-bond donors (Lipinski definition) is 1. The zero-order chi connectivity index (χ0) is 21.6. The summed E-state index contributed by atoms with van der Waals surface area (Å²) < 4.78 is 40.2. The average Bonchev–Trinajstić information content (AvgIpc) is 2.70. The molecule has 1 amide bonds. The molecule has 0 aliphatic rings. The van der Waals surface area contributed by atoms with Gasteiger partial charge in [-0.2, -0.15) is 0 Å². The highest BCUT2D eigenvalue weighted by Gasteiger charge is 2.14. The Kier molecular flexibility index (Phi) is 7.33. The SMILES string of the molecule is COc1ccc([C@@H](C)NC(=O)COc2ccc(N(C)S(C)(=O)=O)cc2)cc1OC. The van der Waals surface area contributed by atoms with E-state index < -0.39 is 10.0 Å². The summed E-state index contributed by atoms with van der Waals surface area (Å²) in [5.74, 6) is 1.37. The molecule has 0 heterocycles. The molecule has 8 nitrogen and oxygen atoms in total. The number of anilines is 1. The van der Waals surface area contributed by atoms with Crippen LogP contribution in [0.25, 0.3) is 0 Å². The molecule has 0 spiro atoms. The van der Waals surface area contributed by atoms with Gasteiger partial charge in [0.1, 0.15) is 5.75 Å². The summed E-state index contributed by atoms with van der Waals surface area (Å²) in [6.45, 7) is 1.69. The van der Waals surface area contributed by atoms with E-state index in [2.05, 4.69) is 5.32 Å². The summed E-state index contributed by atoms with van der Waals surface area (Å²) in [6.07, 6.45) is 1.13. The van der Waals surface area contributed by atoms with Crippen molar-refractivity contribution in [2.75, 3.05) is 38.4 Å². The number of carbonyl (C=O) groups is 1. The van der Waals surface area contributed by atoms with Crippen LogP contribution in [0.5, 0.6) is 17.2 Å². The average molecular weight is 423 g/mol. The topological polar surface area (TPSA) is 94.2 Å². The molecule has 0 aliphatic carbocycles. The Morgan fingerprint density at radius 3 is 2.24 bits per heavy atom. The lowest BCUT2D eigenvalue weighted by Crippen LogP contribution is -2.31. The fraction of sp³-hybridized carbons (Fsp3) is 0.350. The van der Waals surface area contributed by atoms with Crippen molar-refractivity contribution < 1.29 is 27.4 Å². The third kappa shape index (κ3) is 6.02. The van der Waals surface area contributed by atoms with Gasteiger partial charge in [0.05, 0.1) is 32.2 Å². The molecule has 2 aromatic rings.